The highest BCUT2D eigenvalue weighted by molar-refractivity contribution is 5.78. The molecule has 0 saturated heterocycles. The van der Waals surface area contributed by atoms with Crippen LogP contribution >= 0.6 is 0 Å². The predicted molar refractivity (Wildman–Crippen MR) is 87.9 cm³/mol. The van der Waals surface area contributed by atoms with Crippen LogP contribution in [0.1, 0.15) is 36.7 Å². The lowest BCUT2D eigenvalue weighted by atomic mass is 10.2. The van der Waals surface area contributed by atoms with Crippen LogP contribution in [0.15, 0.2) is 41.1 Å². The number of amides is 1. The van der Waals surface area contributed by atoms with Gasteiger partial charge in [-0.3, -0.25) is 9.89 Å². The van der Waals surface area contributed by atoms with Crippen molar-refractivity contribution in [1.29, 1.82) is 0 Å². The number of H-pyrrole nitrogens is 1. The number of rotatable bonds is 6. The third-order valence-corrected chi connectivity index (χ3v) is 3.75. The molecule has 0 aliphatic rings. The van der Waals surface area contributed by atoms with Crippen molar-refractivity contribution in [2.75, 3.05) is 0 Å². The lowest BCUT2D eigenvalue weighted by Crippen LogP contribution is -2.30. The highest BCUT2D eigenvalue weighted by atomic mass is 16.4. The predicted octanol–water partition coefficient (Wildman–Crippen LogP) is 2.58. The molecule has 0 spiro atoms. The lowest BCUT2D eigenvalue weighted by Gasteiger charge is -2.13. The number of hydrogen-bond acceptors (Lipinski definition) is 5. The third-order valence-electron chi connectivity index (χ3n) is 3.75. The summed E-state index contributed by atoms with van der Waals surface area (Å²) in [5.74, 6) is 1.69. The maximum atomic E-state index is 12.3. The van der Waals surface area contributed by atoms with Crippen molar-refractivity contribution >= 4 is 5.91 Å². The van der Waals surface area contributed by atoms with Gasteiger partial charge in [-0.25, -0.2) is 9.97 Å². The molecule has 3 aromatic rings. The van der Waals surface area contributed by atoms with Crippen LogP contribution < -0.4 is 5.32 Å². The first-order chi connectivity index (χ1) is 11.7. The van der Waals surface area contributed by atoms with Crippen LogP contribution in [0.3, 0.4) is 0 Å². The maximum Gasteiger partial charge on any atom is 0.226 e. The molecule has 0 fully saturated rings. The zero-order valence-corrected chi connectivity index (χ0v) is 13.6. The molecule has 0 bridgehead atoms. The second-order valence-corrected chi connectivity index (χ2v) is 5.46. The van der Waals surface area contributed by atoms with Crippen molar-refractivity contribution < 1.29 is 9.21 Å². The zero-order chi connectivity index (χ0) is 16.9. The Morgan fingerprint density at radius 3 is 2.79 bits per heavy atom. The quantitative estimate of drug-likeness (QED) is 0.726. The number of carbonyl (C=O) groups excluding carboxylic acids is 1. The van der Waals surface area contributed by atoms with Crippen molar-refractivity contribution in [3.63, 3.8) is 0 Å². The van der Waals surface area contributed by atoms with E-state index in [9.17, 15) is 4.79 Å². The van der Waals surface area contributed by atoms with E-state index >= 15 is 0 Å². The first-order valence-corrected chi connectivity index (χ1v) is 7.83. The Morgan fingerprint density at radius 2 is 2.12 bits per heavy atom. The van der Waals surface area contributed by atoms with Gasteiger partial charge in [-0.15, -0.1) is 0 Å². The molecule has 7 heteroatoms. The second-order valence-electron chi connectivity index (χ2n) is 5.46. The van der Waals surface area contributed by atoms with Gasteiger partial charge in [0, 0.05) is 5.56 Å². The number of carbonyl (C=O) groups is 1. The number of benzene rings is 1. The molecule has 7 nitrogen and oxygen atoms in total. The molecule has 0 aliphatic carbocycles. The summed E-state index contributed by atoms with van der Waals surface area (Å²) in [7, 11) is 0. The van der Waals surface area contributed by atoms with Crippen LogP contribution in [0, 0.1) is 6.92 Å². The Kier molecular flexibility index (Phi) is 4.69. The molecule has 0 aliphatic heterocycles. The summed E-state index contributed by atoms with van der Waals surface area (Å²) in [6.45, 7) is 3.79. The molecule has 2 aromatic heterocycles. The summed E-state index contributed by atoms with van der Waals surface area (Å²) in [5.41, 5.74) is 1.53. The van der Waals surface area contributed by atoms with E-state index in [1.165, 1.54) is 6.33 Å². The highest BCUT2D eigenvalue weighted by Gasteiger charge is 2.18. The Morgan fingerprint density at radius 1 is 1.33 bits per heavy atom. The van der Waals surface area contributed by atoms with Gasteiger partial charge in [0.15, 0.2) is 0 Å². The minimum atomic E-state index is -0.194. The summed E-state index contributed by atoms with van der Waals surface area (Å²) in [5, 5.41) is 9.54. The Bertz CT molecular complexity index is 796. The van der Waals surface area contributed by atoms with Crippen LogP contribution in [0.2, 0.25) is 0 Å². The summed E-state index contributed by atoms with van der Waals surface area (Å²) >= 11 is 0. The van der Waals surface area contributed by atoms with E-state index in [0.717, 1.165) is 5.56 Å². The van der Waals surface area contributed by atoms with E-state index in [4.69, 9.17) is 4.42 Å². The molecular formula is C17H19N5O2. The number of hydrogen-bond donors (Lipinski definition) is 2. The topological polar surface area (TPSA) is 96.7 Å². The minimum Gasteiger partial charge on any atom is -0.441 e. The van der Waals surface area contributed by atoms with E-state index in [1.54, 1.807) is 0 Å². The maximum absolute atomic E-state index is 12.3. The molecule has 0 saturated carbocycles. The number of nitrogens with zero attached hydrogens (tertiary/aromatic N) is 3. The Labute approximate surface area is 139 Å². The van der Waals surface area contributed by atoms with Crippen molar-refractivity contribution in [1.82, 2.24) is 25.5 Å². The van der Waals surface area contributed by atoms with E-state index < -0.39 is 0 Å². The molecule has 0 radical (unpaired) electrons. The number of aromatic nitrogens is 4. The number of aromatic amines is 1. The molecule has 3 rings (SSSR count). The van der Waals surface area contributed by atoms with Crippen molar-refractivity contribution in [3.05, 3.63) is 53.9 Å². The van der Waals surface area contributed by atoms with E-state index in [2.05, 4.69) is 25.5 Å². The molecular weight excluding hydrogens is 306 g/mol. The molecule has 0 unspecified atom stereocenters. The minimum absolute atomic E-state index is 0.130. The fourth-order valence-electron chi connectivity index (χ4n) is 2.44. The smallest absolute Gasteiger partial charge is 0.226 e. The lowest BCUT2D eigenvalue weighted by molar-refractivity contribution is -0.121. The van der Waals surface area contributed by atoms with Gasteiger partial charge in [0.05, 0.1) is 18.2 Å². The fourth-order valence-corrected chi connectivity index (χ4v) is 2.44. The van der Waals surface area contributed by atoms with Gasteiger partial charge in [0.25, 0.3) is 0 Å². The normalized spacial score (nSPS) is 12.1. The van der Waals surface area contributed by atoms with Crippen molar-refractivity contribution in [2.24, 2.45) is 0 Å². The first-order valence-electron chi connectivity index (χ1n) is 7.83. The van der Waals surface area contributed by atoms with Crippen molar-refractivity contribution in [2.45, 2.75) is 32.7 Å². The summed E-state index contributed by atoms with van der Waals surface area (Å²) in [6.07, 6.45) is 2.30. The van der Waals surface area contributed by atoms with E-state index in [-0.39, 0.29) is 18.4 Å². The number of aryl methyl sites for hydroxylation is 1. The van der Waals surface area contributed by atoms with E-state index in [0.29, 0.717) is 29.6 Å². The summed E-state index contributed by atoms with van der Waals surface area (Å²) in [4.78, 5) is 20.9. The molecule has 2 N–H and O–H groups in total. The highest BCUT2D eigenvalue weighted by Crippen LogP contribution is 2.22. The van der Waals surface area contributed by atoms with E-state index in [1.807, 2.05) is 44.2 Å². The van der Waals surface area contributed by atoms with Gasteiger partial charge in [0.1, 0.15) is 17.9 Å². The van der Waals surface area contributed by atoms with Gasteiger partial charge in [-0.2, -0.15) is 5.10 Å². The second kappa shape index (κ2) is 7.08. The Balaban J connectivity index is 1.69. The molecule has 1 amide bonds. The molecule has 24 heavy (non-hydrogen) atoms. The SMILES string of the molecule is CC[C@H](NC(=O)Cc1nc(-c2ccccc2)oc1C)c1ncn[nH]1. The fraction of sp³-hybridized carbons (Fsp3) is 0.294. The van der Waals surface area contributed by atoms with Crippen LogP contribution in [-0.4, -0.2) is 26.1 Å². The Hall–Kier alpha value is -2.96. The largest absolute Gasteiger partial charge is 0.441 e. The first kappa shape index (κ1) is 15.9. The molecule has 1 aromatic carbocycles. The zero-order valence-electron chi connectivity index (χ0n) is 13.6. The molecule has 2 heterocycles. The van der Waals surface area contributed by atoms with Gasteiger partial charge in [-0.05, 0) is 25.5 Å². The van der Waals surface area contributed by atoms with Crippen molar-refractivity contribution in [3.8, 4) is 11.5 Å². The molecule has 124 valence electrons. The van der Waals surface area contributed by atoms with Gasteiger partial charge in [-0.1, -0.05) is 25.1 Å². The van der Waals surface area contributed by atoms with Crippen LogP contribution in [-0.2, 0) is 11.2 Å². The summed E-state index contributed by atoms with van der Waals surface area (Å²) in [6, 6.07) is 9.43. The summed E-state index contributed by atoms with van der Waals surface area (Å²) < 4.78 is 5.69. The average Bonchev–Trinajstić information content (AvgIpc) is 3.24. The third kappa shape index (κ3) is 3.51. The monoisotopic (exact) mass is 325 g/mol. The van der Waals surface area contributed by atoms with Crippen LogP contribution in [0.25, 0.3) is 11.5 Å². The van der Waals surface area contributed by atoms with Crippen LogP contribution in [0.5, 0.6) is 0 Å². The van der Waals surface area contributed by atoms with Crippen LogP contribution in [0.4, 0.5) is 0 Å². The molecule has 1 atom stereocenters. The van der Waals surface area contributed by atoms with Gasteiger partial charge < -0.3 is 9.73 Å². The number of oxazole rings is 1. The standard InChI is InChI=1S/C17H19N5O2/c1-3-13(16-18-10-19-22-16)20-15(23)9-14-11(2)24-17(21-14)12-7-5-4-6-8-12/h4-8,10,13H,3,9H2,1-2H3,(H,20,23)(H,18,19,22)/t13-/m0/s1. The van der Waals surface area contributed by atoms with Gasteiger partial charge >= 0.3 is 0 Å². The number of nitrogens with one attached hydrogen (secondary N) is 2. The average molecular weight is 325 g/mol. The van der Waals surface area contributed by atoms with Gasteiger partial charge in [0.2, 0.25) is 11.8 Å².